The van der Waals surface area contributed by atoms with Gasteiger partial charge in [0.2, 0.25) is 15.2 Å². The number of sulfonamides is 1. The summed E-state index contributed by atoms with van der Waals surface area (Å²) in [5, 5.41) is 23.2. The van der Waals surface area contributed by atoms with E-state index in [0.717, 1.165) is 40.7 Å². The number of halogens is 2. The molecule has 216 valence electrons. The number of carboxylic acid groups (broad SMARTS) is 1. The van der Waals surface area contributed by atoms with Crippen molar-refractivity contribution in [1.82, 2.24) is 14.8 Å². The molecule has 0 radical (unpaired) electrons. The Kier molecular flexibility index (Phi) is 7.29. The molecule has 1 aliphatic carbocycles. The van der Waals surface area contributed by atoms with Crippen molar-refractivity contribution in [2.24, 2.45) is 11.1 Å². The highest BCUT2D eigenvalue weighted by molar-refractivity contribution is 7.89. The number of hydrogen-bond donors (Lipinski definition) is 2. The van der Waals surface area contributed by atoms with Crippen LogP contribution in [0.5, 0.6) is 0 Å². The second-order valence-corrected chi connectivity index (χ2v) is 13.6. The minimum atomic E-state index is -4.10. The highest BCUT2D eigenvalue weighted by Crippen LogP contribution is 2.40. The van der Waals surface area contributed by atoms with Crippen molar-refractivity contribution in [1.29, 1.82) is 0 Å². The van der Waals surface area contributed by atoms with Gasteiger partial charge in [0.15, 0.2) is 5.69 Å². The van der Waals surface area contributed by atoms with Crippen LogP contribution in [0.2, 0.25) is 0 Å². The summed E-state index contributed by atoms with van der Waals surface area (Å²) in [6, 6.07) is 10.1. The van der Waals surface area contributed by atoms with Crippen molar-refractivity contribution in [2.75, 3.05) is 0 Å². The van der Waals surface area contributed by atoms with Crippen molar-refractivity contribution >= 4 is 38.7 Å². The number of aromatic carboxylic acids is 1. The average molecular weight is 627 g/mol. The zero-order chi connectivity index (χ0) is 29.8. The van der Waals surface area contributed by atoms with Crippen molar-refractivity contribution in [2.45, 2.75) is 37.5 Å². The normalized spacial score (nSPS) is 13.5. The fourth-order valence-corrected chi connectivity index (χ4v) is 7.01. The van der Waals surface area contributed by atoms with Gasteiger partial charge in [-0.1, -0.05) is 6.07 Å². The van der Waals surface area contributed by atoms with Crippen LogP contribution in [0.3, 0.4) is 0 Å². The molecule has 0 bridgehead atoms. The molecule has 42 heavy (non-hydrogen) atoms. The van der Waals surface area contributed by atoms with Crippen molar-refractivity contribution in [3.63, 3.8) is 0 Å². The molecule has 0 unspecified atom stereocenters. The Morgan fingerprint density at radius 2 is 1.88 bits per heavy atom. The molecule has 1 fully saturated rings. The number of nitrogens with two attached hydrogens (primary N) is 1. The van der Waals surface area contributed by atoms with Gasteiger partial charge >= 0.3 is 5.97 Å². The molecule has 0 saturated heterocycles. The maximum atomic E-state index is 15.3. The average Bonchev–Trinajstić information content (AvgIpc) is 3.29. The summed E-state index contributed by atoms with van der Waals surface area (Å²) >= 11 is 2.51. The van der Waals surface area contributed by atoms with E-state index in [-0.39, 0.29) is 22.6 Å². The zero-order valence-electron chi connectivity index (χ0n) is 22.2. The number of carbonyl (C=O) groups is 1. The molecule has 3 aromatic heterocycles. The van der Waals surface area contributed by atoms with Crippen LogP contribution in [0.1, 0.15) is 45.7 Å². The van der Waals surface area contributed by atoms with E-state index in [1.54, 1.807) is 16.8 Å². The van der Waals surface area contributed by atoms with Crippen molar-refractivity contribution in [3.8, 4) is 26.8 Å². The summed E-state index contributed by atoms with van der Waals surface area (Å²) in [6.07, 6.45) is 2.72. The molecule has 0 aliphatic heterocycles. The lowest BCUT2D eigenvalue weighted by atomic mass is 9.95. The molecule has 1 aliphatic rings. The topological polar surface area (TPSA) is 128 Å². The first-order chi connectivity index (χ1) is 20.0. The molecule has 8 nitrogen and oxygen atoms in total. The van der Waals surface area contributed by atoms with Gasteiger partial charge in [0.25, 0.3) is 0 Å². The largest absolute Gasteiger partial charge is 0.476 e. The SMILES string of the molecule is Cc1csc(-c2cc(-c3c(Cc4ccc(S(N)(=O)=O)cc4F)c(CC4CC4)nn3-c3nc(C(=O)O)cs3)ccc2F)c1. The fourth-order valence-electron chi connectivity index (χ4n) is 4.81. The van der Waals surface area contributed by atoms with Gasteiger partial charge in [0, 0.05) is 33.4 Å². The maximum Gasteiger partial charge on any atom is 0.355 e. The van der Waals surface area contributed by atoms with E-state index in [1.165, 1.54) is 34.9 Å². The van der Waals surface area contributed by atoms with E-state index in [4.69, 9.17) is 10.2 Å². The number of nitrogens with zero attached hydrogens (tertiary/aromatic N) is 3. The molecule has 1 saturated carbocycles. The Morgan fingerprint density at radius 3 is 2.50 bits per heavy atom. The molecule has 3 heterocycles. The predicted molar refractivity (Wildman–Crippen MR) is 157 cm³/mol. The van der Waals surface area contributed by atoms with Crippen LogP contribution in [0.15, 0.2) is 58.1 Å². The van der Waals surface area contributed by atoms with Gasteiger partial charge in [-0.15, -0.1) is 22.7 Å². The number of thiazole rings is 1. The molecule has 0 atom stereocenters. The van der Waals surface area contributed by atoms with Crippen LogP contribution in [-0.4, -0.2) is 34.3 Å². The Balaban J connectivity index is 1.57. The van der Waals surface area contributed by atoms with E-state index in [9.17, 15) is 18.3 Å². The lowest BCUT2D eigenvalue weighted by Gasteiger charge is -2.12. The molecular formula is C29H24F2N4O4S3. The van der Waals surface area contributed by atoms with Crippen LogP contribution in [-0.2, 0) is 22.9 Å². The van der Waals surface area contributed by atoms with Gasteiger partial charge < -0.3 is 5.11 Å². The number of benzene rings is 2. The first-order valence-electron chi connectivity index (χ1n) is 12.9. The van der Waals surface area contributed by atoms with E-state index >= 15 is 8.78 Å². The minimum absolute atomic E-state index is 0.0517. The van der Waals surface area contributed by atoms with Gasteiger partial charge in [0.1, 0.15) is 11.6 Å². The van der Waals surface area contributed by atoms with Crippen LogP contribution in [0.25, 0.3) is 26.8 Å². The Morgan fingerprint density at radius 1 is 1.10 bits per heavy atom. The number of primary sulfonamides is 1. The van der Waals surface area contributed by atoms with Crippen LogP contribution < -0.4 is 5.14 Å². The van der Waals surface area contributed by atoms with E-state index < -0.39 is 27.6 Å². The molecule has 5 aromatic rings. The second-order valence-electron chi connectivity index (χ2n) is 10.3. The molecule has 3 N–H and O–H groups in total. The standard InChI is InChI=1S/C29H24F2N4O4S3/c1-15-8-26(40-13-15)20-11-18(5-7-22(20)30)27-21(10-17-4-6-19(12-23(17)31)42(32,38)39)24(9-16-2-3-16)34-35(27)29-33-25(14-41-29)28(36)37/h4-8,11-14,16H,2-3,9-10H2,1H3,(H,36,37)(H2,32,38,39). The molecular weight excluding hydrogens is 603 g/mol. The Labute approximate surface area is 248 Å². The Bertz CT molecular complexity index is 1960. The molecule has 13 heteroatoms. The summed E-state index contributed by atoms with van der Waals surface area (Å²) < 4.78 is 55.5. The third kappa shape index (κ3) is 5.64. The highest BCUT2D eigenvalue weighted by Gasteiger charge is 2.29. The monoisotopic (exact) mass is 626 g/mol. The quantitative estimate of drug-likeness (QED) is 0.201. The number of carboxylic acids is 1. The number of aryl methyl sites for hydroxylation is 1. The summed E-state index contributed by atoms with van der Waals surface area (Å²) in [4.78, 5) is 16.3. The third-order valence-electron chi connectivity index (χ3n) is 7.09. The van der Waals surface area contributed by atoms with Gasteiger partial charge in [-0.3, -0.25) is 0 Å². The van der Waals surface area contributed by atoms with E-state index in [1.807, 2.05) is 18.4 Å². The van der Waals surface area contributed by atoms with Gasteiger partial charge in [-0.05, 0) is 85.0 Å². The molecule has 0 amide bonds. The minimum Gasteiger partial charge on any atom is -0.476 e. The van der Waals surface area contributed by atoms with E-state index in [2.05, 4.69) is 4.98 Å². The van der Waals surface area contributed by atoms with Gasteiger partial charge in [-0.25, -0.2) is 36.8 Å². The number of rotatable bonds is 9. The van der Waals surface area contributed by atoms with E-state index in [0.29, 0.717) is 45.5 Å². The number of aromatic nitrogens is 3. The number of hydrogen-bond acceptors (Lipinski definition) is 7. The smallest absolute Gasteiger partial charge is 0.355 e. The Hall–Kier alpha value is -3.78. The summed E-state index contributed by atoms with van der Waals surface area (Å²) in [7, 11) is -4.10. The van der Waals surface area contributed by atoms with Crippen LogP contribution in [0.4, 0.5) is 8.78 Å². The summed E-state index contributed by atoms with van der Waals surface area (Å²) in [6.45, 7) is 1.93. The van der Waals surface area contributed by atoms with Gasteiger partial charge in [0.05, 0.1) is 16.3 Å². The third-order valence-corrected chi connectivity index (χ3v) is 9.90. The lowest BCUT2D eigenvalue weighted by Crippen LogP contribution is -2.12. The molecule has 6 rings (SSSR count). The number of thiophene rings is 1. The van der Waals surface area contributed by atoms with Crippen molar-refractivity contribution in [3.05, 3.63) is 92.9 Å². The maximum absolute atomic E-state index is 15.3. The summed E-state index contributed by atoms with van der Waals surface area (Å²) in [5.74, 6) is -1.93. The van der Waals surface area contributed by atoms with Crippen molar-refractivity contribution < 1.29 is 27.1 Å². The first kappa shape index (κ1) is 28.3. The zero-order valence-corrected chi connectivity index (χ0v) is 24.6. The summed E-state index contributed by atoms with van der Waals surface area (Å²) in [5.41, 5.74) is 3.95. The van der Waals surface area contributed by atoms with Crippen LogP contribution in [0, 0.1) is 24.5 Å². The predicted octanol–water partition coefficient (Wildman–Crippen LogP) is 6.20. The van der Waals surface area contributed by atoms with Crippen LogP contribution >= 0.6 is 22.7 Å². The second kappa shape index (κ2) is 10.8. The highest BCUT2D eigenvalue weighted by atomic mass is 32.2. The van der Waals surface area contributed by atoms with Gasteiger partial charge in [-0.2, -0.15) is 5.10 Å². The lowest BCUT2D eigenvalue weighted by molar-refractivity contribution is 0.0691. The molecule has 2 aromatic carbocycles. The molecule has 0 spiro atoms. The first-order valence-corrected chi connectivity index (χ1v) is 16.2. The fraction of sp³-hybridized carbons (Fsp3) is 0.207.